The Morgan fingerprint density at radius 3 is 2.16 bits per heavy atom. The summed E-state index contributed by atoms with van der Waals surface area (Å²) in [7, 11) is 0. The van der Waals surface area contributed by atoms with Crippen molar-refractivity contribution in [3.05, 3.63) is 76.8 Å². The first kappa shape index (κ1) is 23.0. The molecule has 2 aromatic carbocycles. The fourth-order valence-corrected chi connectivity index (χ4v) is 3.37. The van der Waals surface area contributed by atoms with Gasteiger partial charge in [-0.3, -0.25) is 19.7 Å². The second kappa shape index (κ2) is 10.1. The lowest BCUT2D eigenvalue weighted by Crippen LogP contribution is -2.47. The maximum Gasteiger partial charge on any atom is 0.257 e. The molecule has 0 aliphatic heterocycles. The molecule has 10 heteroatoms. The molecular formula is C22H20F2N4O3S. The quantitative estimate of drug-likeness (QED) is 0.497. The lowest BCUT2D eigenvalue weighted by atomic mass is 10.0. The molecule has 0 radical (unpaired) electrons. The van der Waals surface area contributed by atoms with E-state index in [0.717, 1.165) is 18.2 Å². The maximum atomic E-state index is 13.9. The summed E-state index contributed by atoms with van der Waals surface area (Å²) in [6.45, 7) is 3.38. The molecule has 3 amide bonds. The van der Waals surface area contributed by atoms with E-state index in [1.165, 1.54) is 35.6 Å². The molecule has 0 spiro atoms. The Bertz CT molecular complexity index is 1100. The van der Waals surface area contributed by atoms with Gasteiger partial charge in [0.05, 0.1) is 0 Å². The molecular weight excluding hydrogens is 438 g/mol. The predicted octanol–water partition coefficient (Wildman–Crippen LogP) is 4.07. The molecule has 1 unspecified atom stereocenters. The average molecular weight is 458 g/mol. The topological polar surface area (TPSA) is 100 Å². The van der Waals surface area contributed by atoms with Crippen molar-refractivity contribution in [2.24, 2.45) is 5.92 Å². The SMILES string of the molecule is CC(C)C(NC(=O)c1c(F)cccc1F)C(=O)Nc1ccc(C(=O)Nc2nccs2)cc1. The molecule has 1 aromatic heterocycles. The summed E-state index contributed by atoms with van der Waals surface area (Å²) in [4.78, 5) is 41.3. The molecule has 0 saturated heterocycles. The zero-order chi connectivity index (χ0) is 23.3. The largest absolute Gasteiger partial charge is 0.340 e. The molecule has 0 fully saturated rings. The summed E-state index contributed by atoms with van der Waals surface area (Å²) < 4.78 is 27.8. The summed E-state index contributed by atoms with van der Waals surface area (Å²) in [6, 6.07) is 8.15. The number of carbonyl (C=O) groups is 3. The first-order valence-electron chi connectivity index (χ1n) is 9.63. The van der Waals surface area contributed by atoms with E-state index in [9.17, 15) is 23.2 Å². The number of rotatable bonds is 7. The van der Waals surface area contributed by atoms with E-state index in [2.05, 4.69) is 20.9 Å². The van der Waals surface area contributed by atoms with Crippen molar-refractivity contribution < 1.29 is 23.2 Å². The lowest BCUT2D eigenvalue weighted by Gasteiger charge is -2.22. The van der Waals surface area contributed by atoms with Gasteiger partial charge in [0.1, 0.15) is 23.2 Å². The van der Waals surface area contributed by atoms with Crippen LogP contribution in [-0.4, -0.2) is 28.7 Å². The summed E-state index contributed by atoms with van der Waals surface area (Å²) in [5, 5.41) is 9.88. The van der Waals surface area contributed by atoms with E-state index in [4.69, 9.17) is 0 Å². The molecule has 0 saturated carbocycles. The Hall–Kier alpha value is -3.66. The fourth-order valence-electron chi connectivity index (χ4n) is 2.84. The van der Waals surface area contributed by atoms with Crippen LogP contribution in [0.15, 0.2) is 54.0 Å². The smallest absolute Gasteiger partial charge is 0.257 e. The second-order valence-electron chi connectivity index (χ2n) is 7.15. The third-order valence-electron chi connectivity index (χ3n) is 4.49. The van der Waals surface area contributed by atoms with Gasteiger partial charge in [-0.05, 0) is 42.3 Å². The molecule has 1 atom stereocenters. The molecule has 32 heavy (non-hydrogen) atoms. The number of hydrogen-bond donors (Lipinski definition) is 3. The average Bonchev–Trinajstić information content (AvgIpc) is 3.25. The minimum atomic E-state index is -1.05. The van der Waals surface area contributed by atoms with Gasteiger partial charge in [0.2, 0.25) is 5.91 Å². The van der Waals surface area contributed by atoms with Crippen molar-refractivity contribution in [3.8, 4) is 0 Å². The highest BCUT2D eigenvalue weighted by Gasteiger charge is 2.27. The van der Waals surface area contributed by atoms with Gasteiger partial charge < -0.3 is 10.6 Å². The normalized spacial score (nSPS) is 11.7. The van der Waals surface area contributed by atoms with Gasteiger partial charge in [0, 0.05) is 22.8 Å². The molecule has 0 aliphatic rings. The first-order chi connectivity index (χ1) is 15.3. The number of amides is 3. The van der Waals surface area contributed by atoms with Crippen molar-refractivity contribution in [3.63, 3.8) is 0 Å². The zero-order valence-electron chi connectivity index (χ0n) is 17.2. The summed E-state index contributed by atoms with van der Waals surface area (Å²) in [5.74, 6) is -4.34. The Morgan fingerprint density at radius 2 is 1.59 bits per heavy atom. The number of aromatic nitrogens is 1. The van der Waals surface area contributed by atoms with Crippen LogP contribution in [0.3, 0.4) is 0 Å². The number of hydrogen-bond acceptors (Lipinski definition) is 5. The monoisotopic (exact) mass is 458 g/mol. The van der Waals surface area contributed by atoms with Crippen molar-refractivity contribution in [2.45, 2.75) is 19.9 Å². The number of thiazole rings is 1. The molecule has 0 bridgehead atoms. The van der Waals surface area contributed by atoms with E-state index in [0.29, 0.717) is 16.4 Å². The van der Waals surface area contributed by atoms with Crippen molar-refractivity contribution >= 4 is 39.9 Å². The van der Waals surface area contributed by atoms with E-state index >= 15 is 0 Å². The van der Waals surface area contributed by atoms with Crippen LogP contribution in [0, 0.1) is 17.6 Å². The van der Waals surface area contributed by atoms with E-state index < -0.39 is 35.1 Å². The van der Waals surface area contributed by atoms with Gasteiger partial charge in [-0.15, -0.1) is 11.3 Å². The van der Waals surface area contributed by atoms with Crippen molar-refractivity contribution in [2.75, 3.05) is 10.6 Å². The third-order valence-corrected chi connectivity index (χ3v) is 5.18. The Balaban J connectivity index is 1.67. The number of halogens is 2. The van der Waals surface area contributed by atoms with Crippen LogP contribution in [0.4, 0.5) is 19.6 Å². The highest BCUT2D eigenvalue weighted by atomic mass is 32.1. The lowest BCUT2D eigenvalue weighted by molar-refractivity contribution is -0.118. The van der Waals surface area contributed by atoms with Crippen molar-refractivity contribution in [1.29, 1.82) is 0 Å². The van der Waals surface area contributed by atoms with Gasteiger partial charge in [-0.25, -0.2) is 13.8 Å². The molecule has 3 aromatic rings. The molecule has 7 nitrogen and oxygen atoms in total. The zero-order valence-corrected chi connectivity index (χ0v) is 18.0. The van der Waals surface area contributed by atoms with Crippen LogP contribution in [0.25, 0.3) is 0 Å². The fraction of sp³-hybridized carbons (Fsp3) is 0.182. The number of nitrogens with zero attached hydrogens (tertiary/aromatic N) is 1. The van der Waals surface area contributed by atoms with Crippen LogP contribution in [-0.2, 0) is 4.79 Å². The number of benzene rings is 2. The highest BCUT2D eigenvalue weighted by Crippen LogP contribution is 2.17. The predicted molar refractivity (Wildman–Crippen MR) is 118 cm³/mol. The van der Waals surface area contributed by atoms with Crippen LogP contribution < -0.4 is 16.0 Å². The van der Waals surface area contributed by atoms with Crippen LogP contribution in [0.1, 0.15) is 34.6 Å². The Labute approximate surface area is 186 Å². The summed E-state index contributed by atoms with van der Waals surface area (Å²) in [5.41, 5.74) is 0.00116. The highest BCUT2D eigenvalue weighted by molar-refractivity contribution is 7.13. The molecule has 3 N–H and O–H groups in total. The molecule has 0 aliphatic carbocycles. The van der Waals surface area contributed by atoms with Gasteiger partial charge in [-0.1, -0.05) is 19.9 Å². The van der Waals surface area contributed by atoms with E-state index in [1.54, 1.807) is 25.4 Å². The summed E-state index contributed by atoms with van der Waals surface area (Å²) in [6.07, 6.45) is 1.57. The van der Waals surface area contributed by atoms with Gasteiger partial charge >= 0.3 is 0 Å². The second-order valence-corrected chi connectivity index (χ2v) is 8.04. The van der Waals surface area contributed by atoms with Gasteiger partial charge in [0.15, 0.2) is 5.13 Å². The van der Waals surface area contributed by atoms with Crippen LogP contribution in [0.5, 0.6) is 0 Å². The molecule has 1 heterocycles. The van der Waals surface area contributed by atoms with Gasteiger partial charge in [0.25, 0.3) is 11.8 Å². The standard InChI is InChI=1S/C22H20F2N4O3S/c1-12(2)18(27-20(30)17-15(23)4-3-5-16(17)24)21(31)26-14-8-6-13(7-9-14)19(29)28-22-25-10-11-32-22/h3-12,18H,1-2H3,(H,26,31)(H,27,30)(H,25,28,29). The van der Waals surface area contributed by atoms with Crippen LogP contribution >= 0.6 is 11.3 Å². The number of nitrogens with one attached hydrogen (secondary N) is 3. The first-order valence-corrected chi connectivity index (χ1v) is 10.5. The molecule has 3 rings (SSSR count). The maximum absolute atomic E-state index is 13.9. The van der Waals surface area contributed by atoms with Crippen LogP contribution in [0.2, 0.25) is 0 Å². The Kier molecular flexibility index (Phi) is 7.26. The third kappa shape index (κ3) is 5.52. The minimum Gasteiger partial charge on any atom is -0.340 e. The number of anilines is 2. The number of carbonyl (C=O) groups excluding carboxylic acids is 3. The van der Waals surface area contributed by atoms with Gasteiger partial charge in [-0.2, -0.15) is 0 Å². The summed E-state index contributed by atoms with van der Waals surface area (Å²) >= 11 is 1.29. The van der Waals surface area contributed by atoms with Crippen molar-refractivity contribution in [1.82, 2.24) is 10.3 Å². The van der Waals surface area contributed by atoms with E-state index in [-0.39, 0.29) is 11.8 Å². The Morgan fingerprint density at radius 1 is 0.938 bits per heavy atom. The molecule has 166 valence electrons. The van der Waals surface area contributed by atoms with E-state index in [1.807, 2.05) is 0 Å². The minimum absolute atomic E-state index is 0.350.